The summed E-state index contributed by atoms with van der Waals surface area (Å²) in [5.74, 6) is -0.258. The van der Waals surface area contributed by atoms with Crippen LogP contribution in [0.5, 0.6) is 0 Å². The van der Waals surface area contributed by atoms with Gasteiger partial charge in [-0.05, 0) is 42.7 Å². The third-order valence-electron chi connectivity index (χ3n) is 3.57. The molecule has 3 N–H and O–H groups in total. The minimum Gasteiger partial charge on any atom is -0.478 e. The van der Waals surface area contributed by atoms with E-state index < -0.39 is 16.0 Å². The molecule has 0 aliphatic carbocycles. The van der Waals surface area contributed by atoms with Crippen LogP contribution in [0, 0.1) is 5.92 Å². The molecule has 0 aliphatic heterocycles. The quantitative estimate of drug-likeness (QED) is 0.630. The van der Waals surface area contributed by atoms with Gasteiger partial charge in [0.05, 0.1) is 24.1 Å². The summed E-state index contributed by atoms with van der Waals surface area (Å²) in [5.41, 5.74) is 0.283. The van der Waals surface area contributed by atoms with Crippen molar-refractivity contribution in [2.75, 3.05) is 11.9 Å². The zero-order valence-corrected chi connectivity index (χ0v) is 15.0. The molecule has 1 aromatic heterocycles. The molecule has 0 radical (unpaired) electrons. The topological polar surface area (TPSA) is 109 Å². The van der Waals surface area contributed by atoms with E-state index in [0.717, 1.165) is 12.5 Å². The second-order valence-corrected chi connectivity index (χ2v) is 7.76. The van der Waals surface area contributed by atoms with Gasteiger partial charge in [-0.1, -0.05) is 13.8 Å². The summed E-state index contributed by atoms with van der Waals surface area (Å²) >= 11 is 0. The van der Waals surface area contributed by atoms with Gasteiger partial charge in [0.1, 0.15) is 10.7 Å². The van der Waals surface area contributed by atoms with Crippen molar-refractivity contribution in [2.24, 2.45) is 5.92 Å². The van der Waals surface area contributed by atoms with Crippen LogP contribution in [0.4, 0.5) is 5.69 Å². The highest BCUT2D eigenvalue weighted by Gasteiger charge is 2.21. The van der Waals surface area contributed by atoms with Crippen LogP contribution in [-0.2, 0) is 16.6 Å². The third-order valence-corrected chi connectivity index (χ3v) is 5.01. The molecule has 0 atom stereocenters. The number of rotatable bonds is 9. The summed E-state index contributed by atoms with van der Waals surface area (Å²) in [7, 11) is -3.91. The summed E-state index contributed by atoms with van der Waals surface area (Å²) in [6, 6.07) is 7.33. The first-order chi connectivity index (χ1) is 11.8. The van der Waals surface area contributed by atoms with Crippen molar-refractivity contribution >= 4 is 21.7 Å². The molecule has 0 bridgehead atoms. The number of carboxylic acids is 1. The minimum absolute atomic E-state index is 0.0158. The molecule has 0 fully saturated rings. The smallest absolute Gasteiger partial charge is 0.335 e. The molecule has 136 valence electrons. The molecule has 7 nitrogen and oxygen atoms in total. The Morgan fingerprint density at radius 3 is 2.64 bits per heavy atom. The van der Waals surface area contributed by atoms with Gasteiger partial charge >= 0.3 is 5.97 Å². The molecule has 0 aliphatic rings. The Kier molecular flexibility index (Phi) is 6.22. The van der Waals surface area contributed by atoms with Crippen molar-refractivity contribution in [1.29, 1.82) is 0 Å². The lowest BCUT2D eigenvalue weighted by Crippen LogP contribution is -2.24. The van der Waals surface area contributed by atoms with Crippen LogP contribution in [0.1, 0.15) is 36.4 Å². The summed E-state index contributed by atoms with van der Waals surface area (Å²) in [4.78, 5) is 11.1. The van der Waals surface area contributed by atoms with Crippen LogP contribution in [0.15, 0.2) is 45.9 Å². The molecule has 2 rings (SSSR count). The van der Waals surface area contributed by atoms with Crippen LogP contribution in [0.25, 0.3) is 0 Å². The SMILES string of the molecule is CC(C)CCNc1ccc(C(=O)O)cc1S(=O)(=O)NCc1ccco1. The second-order valence-electron chi connectivity index (χ2n) is 6.03. The number of hydrogen-bond acceptors (Lipinski definition) is 5. The Balaban J connectivity index is 2.26. The maximum Gasteiger partial charge on any atom is 0.335 e. The predicted octanol–water partition coefficient (Wildman–Crippen LogP) is 2.91. The largest absolute Gasteiger partial charge is 0.478 e. The summed E-state index contributed by atoms with van der Waals surface area (Å²) in [6.07, 6.45) is 2.31. The number of nitrogens with one attached hydrogen (secondary N) is 2. The fourth-order valence-electron chi connectivity index (χ4n) is 2.18. The molecule has 1 heterocycles. The van der Waals surface area contributed by atoms with E-state index in [1.165, 1.54) is 18.4 Å². The normalized spacial score (nSPS) is 11.6. The molecule has 2 aromatic rings. The first kappa shape index (κ1) is 19.0. The van der Waals surface area contributed by atoms with E-state index >= 15 is 0 Å². The summed E-state index contributed by atoms with van der Waals surface area (Å²) in [6.45, 7) is 4.71. The van der Waals surface area contributed by atoms with E-state index in [1.807, 2.05) is 0 Å². The van der Waals surface area contributed by atoms with Crippen LogP contribution in [0.3, 0.4) is 0 Å². The highest BCUT2D eigenvalue weighted by atomic mass is 32.2. The number of hydrogen-bond donors (Lipinski definition) is 3. The Morgan fingerprint density at radius 2 is 2.04 bits per heavy atom. The van der Waals surface area contributed by atoms with Crippen molar-refractivity contribution in [3.8, 4) is 0 Å². The fraction of sp³-hybridized carbons (Fsp3) is 0.353. The van der Waals surface area contributed by atoms with Gasteiger partial charge in [0.2, 0.25) is 10.0 Å². The van der Waals surface area contributed by atoms with Gasteiger partial charge in [-0.15, -0.1) is 0 Å². The summed E-state index contributed by atoms with van der Waals surface area (Å²) < 4.78 is 32.8. The van der Waals surface area contributed by atoms with E-state index in [9.17, 15) is 13.2 Å². The van der Waals surface area contributed by atoms with E-state index in [4.69, 9.17) is 9.52 Å². The molecule has 0 saturated carbocycles. The Bertz CT molecular complexity index is 814. The van der Waals surface area contributed by atoms with E-state index in [-0.39, 0.29) is 17.0 Å². The number of benzene rings is 1. The molecule has 0 saturated heterocycles. The number of carboxylic acid groups (broad SMARTS) is 1. The van der Waals surface area contributed by atoms with Gasteiger partial charge in [-0.3, -0.25) is 0 Å². The lowest BCUT2D eigenvalue weighted by Gasteiger charge is -2.14. The van der Waals surface area contributed by atoms with E-state index in [2.05, 4.69) is 23.9 Å². The minimum atomic E-state index is -3.91. The monoisotopic (exact) mass is 366 g/mol. The standard InChI is InChI=1S/C17H22N2O5S/c1-12(2)7-8-18-15-6-5-13(17(20)21)10-16(15)25(22,23)19-11-14-4-3-9-24-14/h3-6,9-10,12,18-19H,7-8,11H2,1-2H3,(H,20,21). The Hall–Kier alpha value is -2.32. The van der Waals surface area contributed by atoms with Crippen molar-refractivity contribution in [3.05, 3.63) is 47.9 Å². The maximum absolute atomic E-state index is 12.6. The van der Waals surface area contributed by atoms with Gasteiger partial charge in [0, 0.05) is 6.54 Å². The van der Waals surface area contributed by atoms with Crippen molar-refractivity contribution in [2.45, 2.75) is 31.7 Å². The fourth-order valence-corrected chi connectivity index (χ4v) is 3.38. The number of anilines is 1. The van der Waals surface area contributed by atoms with Gasteiger partial charge in [-0.2, -0.15) is 0 Å². The van der Waals surface area contributed by atoms with Crippen molar-refractivity contribution in [1.82, 2.24) is 4.72 Å². The van der Waals surface area contributed by atoms with Gasteiger partial charge in [-0.25, -0.2) is 17.9 Å². The molecule has 0 spiro atoms. The lowest BCUT2D eigenvalue weighted by molar-refractivity contribution is 0.0696. The second kappa shape index (κ2) is 8.17. The molecule has 25 heavy (non-hydrogen) atoms. The predicted molar refractivity (Wildman–Crippen MR) is 94.1 cm³/mol. The van der Waals surface area contributed by atoms with E-state index in [0.29, 0.717) is 23.9 Å². The Morgan fingerprint density at radius 1 is 1.28 bits per heavy atom. The van der Waals surface area contributed by atoms with Crippen LogP contribution < -0.4 is 10.0 Å². The van der Waals surface area contributed by atoms with E-state index in [1.54, 1.807) is 12.1 Å². The average Bonchev–Trinajstić information content (AvgIpc) is 3.06. The first-order valence-corrected chi connectivity index (χ1v) is 9.41. The molecular formula is C17H22N2O5S. The van der Waals surface area contributed by atoms with Crippen LogP contribution >= 0.6 is 0 Å². The lowest BCUT2D eigenvalue weighted by atomic mass is 10.1. The van der Waals surface area contributed by atoms with Crippen LogP contribution in [-0.4, -0.2) is 26.0 Å². The average molecular weight is 366 g/mol. The first-order valence-electron chi connectivity index (χ1n) is 7.93. The zero-order chi connectivity index (χ0) is 18.4. The maximum atomic E-state index is 12.6. The highest BCUT2D eigenvalue weighted by Crippen LogP contribution is 2.23. The van der Waals surface area contributed by atoms with Crippen molar-refractivity contribution < 1.29 is 22.7 Å². The van der Waals surface area contributed by atoms with Crippen molar-refractivity contribution in [3.63, 3.8) is 0 Å². The number of carbonyl (C=O) groups is 1. The molecule has 1 aromatic carbocycles. The number of sulfonamides is 1. The van der Waals surface area contributed by atoms with Gasteiger partial charge in [0.15, 0.2) is 0 Å². The molecular weight excluding hydrogens is 344 g/mol. The molecule has 8 heteroatoms. The van der Waals surface area contributed by atoms with Gasteiger partial charge in [0.25, 0.3) is 0 Å². The molecule has 0 amide bonds. The third kappa shape index (κ3) is 5.33. The Labute approximate surface area is 147 Å². The molecule has 0 unspecified atom stereocenters. The van der Waals surface area contributed by atoms with Gasteiger partial charge < -0.3 is 14.8 Å². The summed E-state index contributed by atoms with van der Waals surface area (Å²) in [5, 5.41) is 12.2. The number of furan rings is 1. The number of aromatic carboxylic acids is 1. The van der Waals surface area contributed by atoms with Crippen LogP contribution in [0.2, 0.25) is 0 Å². The highest BCUT2D eigenvalue weighted by molar-refractivity contribution is 7.89. The zero-order valence-electron chi connectivity index (χ0n) is 14.2.